The highest BCUT2D eigenvalue weighted by molar-refractivity contribution is 5.61. The van der Waals surface area contributed by atoms with Gasteiger partial charge in [0.15, 0.2) is 5.82 Å². The van der Waals surface area contributed by atoms with Crippen LogP contribution in [0, 0.1) is 0 Å². The molecule has 1 amide bonds. The Hall–Kier alpha value is -2.70. The van der Waals surface area contributed by atoms with E-state index < -0.39 is 0 Å². The lowest BCUT2D eigenvalue weighted by Gasteiger charge is -2.33. The summed E-state index contributed by atoms with van der Waals surface area (Å²) in [7, 11) is 0. The van der Waals surface area contributed by atoms with E-state index in [1.807, 2.05) is 18.2 Å². The third kappa shape index (κ3) is 4.04. The zero-order valence-corrected chi connectivity index (χ0v) is 14.9. The van der Waals surface area contributed by atoms with Gasteiger partial charge in [0.2, 0.25) is 12.4 Å². The summed E-state index contributed by atoms with van der Waals surface area (Å²) in [4.78, 5) is 19.3. The third-order valence-corrected chi connectivity index (χ3v) is 4.31. The first-order valence-electron chi connectivity index (χ1n) is 8.48. The molecule has 7 nitrogen and oxygen atoms in total. The lowest BCUT2D eigenvalue weighted by molar-refractivity contribution is -0.118. The van der Waals surface area contributed by atoms with Gasteiger partial charge in [-0.2, -0.15) is 10.1 Å². The number of nitrogens with one attached hydrogen (secondary N) is 1. The van der Waals surface area contributed by atoms with Crippen molar-refractivity contribution in [3.8, 4) is 0 Å². The normalized spacial score (nSPS) is 15.2. The summed E-state index contributed by atoms with van der Waals surface area (Å²) < 4.78 is 0. The number of aromatic nitrogens is 3. The minimum Gasteiger partial charge on any atom is -0.352 e. The maximum Gasteiger partial charge on any atom is 0.249 e. The van der Waals surface area contributed by atoms with Gasteiger partial charge in [-0.1, -0.05) is 39.0 Å². The Balaban J connectivity index is 1.78. The maximum absolute atomic E-state index is 10.8. The molecule has 0 radical (unpaired) electrons. The van der Waals surface area contributed by atoms with Crippen molar-refractivity contribution in [1.29, 1.82) is 0 Å². The molecule has 0 bridgehead atoms. The van der Waals surface area contributed by atoms with Crippen LogP contribution in [0.3, 0.4) is 0 Å². The van der Waals surface area contributed by atoms with Crippen molar-refractivity contribution >= 4 is 23.9 Å². The van der Waals surface area contributed by atoms with Crippen LogP contribution in [-0.4, -0.2) is 52.7 Å². The van der Waals surface area contributed by atoms with Crippen molar-refractivity contribution in [3.63, 3.8) is 0 Å². The van der Waals surface area contributed by atoms with E-state index in [1.165, 1.54) is 5.56 Å². The van der Waals surface area contributed by atoms with E-state index in [2.05, 4.69) is 52.2 Å². The molecule has 1 N–H and O–H groups in total. The predicted molar refractivity (Wildman–Crippen MR) is 98.1 cm³/mol. The minimum atomic E-state index is 0.0137. The number of carbonyl (C=O) groups is 1. The van der Waals surface area contributed by atoms with Gasteiger partial charge in [0.25, 0.3) is 0 Å². The Morgan fingerprint density at radius 1 is 1.12 bits per heavy atom. The van der Waals surface area contributed by atoms with Crippen molar-refractivity contribution in [2.45, 2.75) is 26.2 Å². The molecule has 0 saturated carbocycles. The Morgan fingerprint density at radius 2 is 1.84 bits per heavy atom. The molecule has 1 aliphatic heterocycles. The molecule has 0 atom stereocenters. The fraction of sp³-hybridized carbons (Fsp3) is 0.444. The Morgan fingerprint density at radius 3 is 2.52 bits per heavy atom. The van der Waals surface area contributed by atoms with Crippen LogP contribution in [0.4, 0.5) is 17.5 Å². The van der Waals surface area contributed by atoms with E-state index in [-0.39, 0.29) is 5.41 Å². The van der Waals surface area contributed by atoms with Gasteiger partial charge in [-0.05, 0) is 17.0 Å². The Bertz CT molecular complexity index is 734. The number of amides is 1. The van der Waals surface area contributed by atoms with E-state index >= 15 is 0 Å². The minimum absolute atomic E-state index is 0.0137. The topological polar surface area (TPSA) is 74.2 Å². The molecule has 0 aliphatic carbocycles. The van der Waals surface area contributed by atoms with Crippen molar-refractivity contribution in [2.24, 2.45) is 0 Å². The molecule has 1 aromatic carbocycles. The van der Waals surface area contributed by atoms with Crippen molar-refractivity contribution in [2.75, 3.05) is 36.4 Å². The second-order valence-corrected chi connectivity index (χ2v) is 7.19. The summed E-state index contributed by atoms with van der Waals surface area (Å²) in [6, 6.07) is 8.17. The highest BCUT2D eigenvalue weighted by atomic mass is 16.1. The molecule has 1 aromatic heterocycles. The fourth-order valence-corrected chi connectivity index (χ4v) is 2.92. The average molecular weight is 340 g/mol. The van der Waals surface area contributed by atoms with Gasteiger partial charge < -0.3 is 15.1 Å². The van der Waals surface area contributed by atoms with Crippen molar-refractivity contribution < 1.29 is 4.79 Å². The SMILES string of the molecule is CC(C)(C)c1ccccc1Nc1nncc(N2CCN(C=O)CC2)n1. The first-order chi connectivity index (χ1) is 12.0. The van der Waals surface area contributed by atoms with Crippen LogP contribution < -0.4 is 10.2 Å². The smallest absolute Gasteiger partial charge is 0.249 e. The number of hydrogen-bond acceptors (Lipinski definition) is 6. The highest BCUT2D eigenvalue weighted by Gasteiger charge is 2.20. The third-order valence-electron chi connectivity index (χ3n) is 4.31. The maximum atomic E-state index is 10.8. The van der Waals surface area contributed by atoms with Crippen LogP contribution in [0.1, 0.15) is 26.3 Å². The quantitative estimate of drug-likeness (QED) is 0.860. The first kappa shape index (κ1) is 17.1. The summed E-state index contributed by atoms with van der Waals surface area (Å²) in [5.74, 6) is 1.25. The molecule has 0 unspecified atom stereocenters. The highest BCUT2D eigenvalue weighted by Crippen LogP contribution is 2.30. The van der Waals surface area contributed by atoms with Gasteiger partial charge in [-0.15, -0.1) is 5.10 Å². The van der Waals surface area contributed by atoms with Gasteiger partial charge >= 0.3 is 0 Å². The summed E-state index contributed by atoms with van der Waals surface area (Å²) in [5.41, 5.74) is 2.20. The predicted octanol–water partition coefficient (Wildman–Crippen LogP) is 2.19. The lowest BCUT2D eigenvalue weighted by Crippen LogP contribution is -2.46. The van der Waals surface area contributed by atoms with Crippen LogP contribution in [0.5, 0.6) is 0 Å². The van der Waals surface area contributed by atoms with Crippen LogP contribution in [-0.2, 0) is 10.2 Å². The van der Waals surface area contributed by atoms with Crippen LogP contribution in [0.2, 0.25) is 0 Å². The van der Waals surface area contributed by atoms with E-state index in [0.717, 1.165) is 31.0 Å². The van der Waals surface area contributed by atoms with Crippen molar-refractivity contribution in [3.05, 3.63) is 36.0 Å². The van der Waals surface area contributed by atoms with Crippen LogP contribution in [0.25, 0.3) is 0 Å². The fourth-order valence-electron chi connectivity index (χ4n) is 2.92. The first-order valence-corrected chi connectivity index (χ1v) is 8.48. The molecule has 0 spiro atoms. The van der Waals surface area contributed by atoms with Crippen LogP contribution in [0.15, 0.2) is 30.5 Å². The number of hydrogen-bond donors (Lipinski definition) is 1. The molecule has 132 valence electrons. The summed E-state index contributed by atoms with van der Waals surface area (Å²) in [6.07, 6.45) is 2.56. The Labute approximate surface area is 148 Å². The number of nitrogens with zero attached hydrogens (tertiary/aromatic N) is 5. The van der Waals surface area contributed by atoms with Gasteiger partial charge in [-0.25, -0.2) is 0 Å². The molecule has 1 saturated heterocycles. The van der Waals surface area contributed by atoms with Gasteiger partial charge in [0.1, 0.15) is 0 Å². The molecule has 7 heteroatoms. The number of anilines is 3. The average Bonchev–Trinajstić information content (AvgIpc) is 2.62. The second kappa shape index (κ2) is 7.04. The molecule has 1 aliphatic rings. The summed E-state index contributed by atoms with van der Waals surface area (Å²) >= 11 is 0. The van der Waals surface area contributed by atoms with Crippen molar-refractivity contribution in [1.82, 2.24) is 20.1 Å². The number of rotatable bonds is 4. The lowest BCUT2D eigenvalue weighted by atomic mass is 9.86. The van der Waals surface area contributed by atoms with Gasteiger partial charge in [0, 0.05) is 31.9 Å². The molecular weight excluding hydrogens is 316 g/mol. The Kier molecular flexibility index (Phi) is 4.83. The van der Waals surface area contributed by atoms with Crippen LogP contribution >= 0.6 is 0 Å². The number of para-hydroxylation sites is 1. The molecule has 2 heterocycles. The standard InChI is InChI=1S/C18H24N6O/c1-18(2,3)14-6-4-5-7-15(14)20-17-21-16(12-19-22-17)24-10-8-23(13-25)9-11-24/h4-7,12-13H,8-11H2,1-3H3,(H,20,21,22). The van der Waals surface area contributed by atoms with Gasteiger partial charge in [-0.3, -0.25) is 4.79 Å². The van der Waals surface area contributed by atoms with E-state index in [9.17, 15) is 4.79 Å². The summed E-state index contributed by atoms with van der Waals surface area (Å²) in [6.45, 7) is 9.41. The number of piperazine rings is 1. The monoisotopic (exact) mass is 340 g/mol. The largest absolute Gasteiger partial charge is 0.352 e. The van der Waals surface area contributed by atoms with E-state index in [1.54, 1.807) is 11.1 Å². The van der Waals surface area contributed by atoms with Gasteiger partial charge in [0.05, 0.1) is 6.20 Å². The number of benzene rings is 1. The summed E-state index contributed by atoms with van der Waals surface area (Å²) in [5, 5.41) is 11.5. The zero-order valence-electron chi connectivity index (χ0n) is 14.9. The molecule has 1 fully saturated rings. The van der Waals surface area contributed by atoms with E-state index in [4.69, 9.17) is 0 Å². The van der Waals surface area contributed by atoms with E-state index in [0.29, 0.717) is 19.0 Å². The zero-order chi connectivity index (χ0) is 17.9. The second-order valence-electron chi connectivity index (χ2n) is 7.19. The molecule has 25 heavy (non-hydrogen) atoms. The molecular formula is C18H24N6O. The number of carbonyl (C=O) groups excluding carboxylic acids is 1. The molecule has 3 rings (SSSR count). The molecule has 2 aromatic rings.